The maximum absolute atomic E-state index is 8.32. The van der Waals surface area contributed by atoms with Crippen molar-refractivity contribution in [1.29, 1.82) is 5.26 Å². The Morgan fingerprint density at radius 2 is 2.50 bits per heavy atom. The van der Waals surface area contributed by atoms with Crippen molar-refractivity contribution in [3.63, 3.8) is 0 Å². The quantitative estimate of drug-likeness (QED) is 0.723. The second-order valence-corrected chi connectivity index (χ2v) is 3.83. The topological polar surface area (TPSA) is 36.7 Å². The van der Waals surface area contributed by atoms with Crippen LogP contribution < -0.4 is 0 Å². The lowest BCUT2D eigenvalue weighted by atomic mass is 10.5. The lowest BCUT2D eigenvalue weighted by Gasteiger charge is -1.76. The molecule has 0 aromatic carbocycles. The molecule has 0 aliphatic carbocycles. The third-order valence-electron chi connectivity index (χ3n) is 1.01. The van der Waals surface area contributed by atoms with Gasteiger partial charge in [-0.3, -0.25) is 0 Å². The third-order valence-corrected chi connectivity index (χ3v) is 3.02. The molecule has 0 radical (unpaired) electrons. The highest BCUT2D eigenvalue weighted by Crippen LogP contribution is 2.21. The number of aromatic nitrogens is 1. The van der Waals surface area contributed by atoms with Crippen LogP contribution in [0.1, 0.15) is 9.88 Å². The van der Waals surface area contributed by atoms with Crippen LogP contribution in [-0.4, -0.2) is 4.98 Å². The van der Waals surface area contributed by atoms with Crippen molar-refractivity contribution in [2.45, 2.75) is 13.3 Å². The molecule has 0 fully saturated rings. The minimum absolute atomic E-state index is 0.414. The first-order valence-electron chi connectivity index (χ1n) is 2.73. The number of aryl methyl sites for hydroxylation is 1. The van der Waals surface area contributed by atoms with Crippen molar-refractivity contribution in [1.82, 2.24) is 4.98 Å². The monoisotopic (exact) mass is 216 g/mol. The van der Waals surface area contributed by atoms with Crippen molar-refractivity contribution in [3.05, 3.63) is 14.5 Å². The smallest absolute Gasteiger partial charge is 0.120 e. The molecule has 2 nitrogen and oxygen atoms in total. The maximum atomic E-state index is 8.32. The third kappa shape index (κ3) is 1.55. The van der Waals surface area contributed by atoms with Crippen LogP contribution >= 0.6 is 27.3 Å². The molecule has 0 aliphatic heterocycles. The van der Waals surface area contributed by atoms with E-state index < -0.39 is 0 Å². The lowest BCUT2D eigenvalue weighted by molar-refractivity contribution is 1.16. The summed E-state index contributed by atoms with van der Waals surface area (Å²) in [6.07, 6.45) is 0.414. The van der Waals surface area contributed by atoms with E-state index >= 15 is 0 Å². The molecule has 10 heavy (non-hydrogen) atoms. The molecule has 1 aromatic heterocycles. The number of halogens is 1. The Bertz CT molecular complexity index is 254. The molecular weight excluding hydrogens is 212 g/mol. The van der Waals surface area contributed by atoms with Gasteiger partial charge < -0.3 is 0 Å². The molecule has 0 saturated carbocycles. The Kier molecular flexibility index (Phi) is 2.41. The molecule has 4 heteroatoms. The highest BCUT2D eigenvalue weighted by molar-refractivity contribution is 9.10. The largest absolute Gasteiger partial charge is 0.233 e. The fraction of sp³-hybridized carbons (Fsp3) is 0.333. The first-order chi connectivity index (χ1) is 4.74. The van der Waals surface area contributed by atoms with Crippen LogP contribution in [0.2, 0.25) is 0 Å². The SMILES string of the molecule is Cc1sc(CC#N)nc1Br. The van der Waals surface area contributed by atoms with Crippen molar-refractivity contribution in [2.75, 3.05) is 0 Å². The lowest BCUT2D eigenvalue weighted by Crippen LogP contribution is -1.75. The molecule has 0 atom stereocenters. The summed E-state index contributed by atoms with van der Waals surface area (Å²) >= 11 is 4.83. The molecule has 0 saturated heterocycles. The summed E-state index contributed by atoms with van der Waals surface area (Å²) in [6.45, 7) is 1.97. The van der Waals surface area contributed by atoms with Crippen LogP contribution in [0.15, 0.2) is 4.60 Å². The van der Waals surface area contributed by atoms with Gasteiger partial charge in [-0.25, -0.2) is 4.98 Å². The van der Waals surface area contributed by atoms with E-state index in [9.17, 15) is 0 Å². The molecule has 0 aliphatic rings. The molecule has 0 N–H and O–H groups in total. The number of rotatable bonds is 1. The summed E-state index contributed by atoms with van der Waals surface area (Å²) in [5.74, 6) is 0. The first kappa shape index (κ1) is 7.70. The molecular formula is C6H5BrN2S. The molecule has 0 bridgehead atoms. The zero-order valence-corrected chi connectivity index (χ0v) is 7.79. The van der Waals surface area contributed by atoms with Gasteiger partial charge in [-0.1, -0.05) is 0 Å². The van der Waals surface area contributed by atoms with Gasteiger partial charge in [0.05, 0.1) is 12.5 Å². The van der Waals surface area contributed by atoms with Crippen LogP contribution in [0, 0.1) is 18.3 Å². The van der Waals surface area contributed by atoms with Crippen molar-refractivity contribution < 1.29 is 0 Å². The summed E-state index contributed by atoms with van der Waals surface area (Å²) in [4.78, 5) is 5.24. The van der Waals surface area contributed by atoms with Gasteiger partial charge in [0.15, 0.2) is 0 Å². The standard InChI is InChI=1S/C6H5BrN2S/c1-4-6(7)9-5(10-4)2-3-8/h2H2,1H3. The average molecular weight is 217 g/mol. The van der Waals surface area contributed by atoms with E-state index in [4.69, 9.17) is 5.26 Å². The van der Waals surface area contributed by atoms with E-state index in [1.165, 1.54) is 0 Å². The second-order valence-electron chi connectivity index (χ2n) is 1.79. The summed E-state index contributed by atoms with van der Waals surface area (Å²) in [7, 11) is 0. The van der Waals surface area contributed by atoms with Gasteiger partial charge in [0.25, 0.3) is 0 Å². The predicted molar refractivity (Wildman–Crippen MR) is 43.9 cm³/mol. The van der Waals surface area contributed by atoms with Gasteiger partial charge in [-0.15, -0.1) is 11.3 Å². The number of hydrogen-bond acceptors (Lipinski definition) is 3. The van der Waals surface area contributed by atoms with Gasteiger partial charge >= 0.3 is 0 Å². The minimum atomic E-state index is 0.414. The number of hydrogen-bond donors (Lipinski definition) is 0. The summed E-state index contributed by atoms with van der Waals surface area (Å²) < 4.78 is 0.864. The van der Waals surface area contributed by atoms with E-state index in [0.717, 1.165) is 14.5 Å². The molecule has 0 unspecified atom stereocenters. The molecule has 52 valence electrons. The summed E-state index contributed by atoms with van der Waals surface area (Å²) in [6, 6.07) is 2.05. The normalized spacial score (nSPS) is 9.30. The Morgan fingerprint density at radius 3 is 2.90 bits per heavy atom. The summed E-state index contributed by atoms with van der Waals surface area (Å²) in [5, 5.41) is 9.20. The van der Waals surface area contributed by atoms with Gasteiger partial charge in [-0.2, -0.15) is 5.26 Å². The molecule has 1 heterocycles. The zero-order valence-electron chi connectivity index (χ0n) is 5.39. The molecule has 1 rings (SSSR count). The fourth-order valence-electron chi connectivity index (χ4n) is 0.573. The van der Waals surface area contributed by atoms with Crippen LogP contribution in [0.4, 0.5) is 0 Å². The Morgan fingerprint density at radius 1 is 1.80 bits per heavy atom. The van der Waals surface area contributed by atoms with Crippen LogP contribution in [0.5, 0.6) is 0 Å². The second kappa shape index (κ2) is 3.13. The Labute approximate surface area is 71.6 Å². The van der Waals surface area contributed by atoms with Crippen LogP contribution in [-0.2, 0) is 6.42 Å². The van der Waals surface area contributed by atoms with Gasteiger partial charge in [0.1, 0.15) is 9.61 Å². The van der Waals surface area contributed by atoms with E-state index in [-0.39, 0.29) is 0 Å². The van der Waals surface area contributed by atoms with E-state index in [1.54, 1.807) is 11.3 Å². The van der Waals surface area contributed by atoms with Gasteiger partial charge in [0.2, 0.25) is 0 Å². The van der Waals surface area contributed by atoms with Crippen molar-refractivity contribution in [2.24, 2.45) is 0 Å². The minimum Gasteiger partial charge on any atom is -0.233 e. The zero-order chi connectivity index (χ0) is 7.56. The maximum Gasteiger partial charge on any atom is 0.120 e. The number of nitriles is 1. The molecule has 1 aromatic rings. The fourth-order valence-corrected chi connectivity index (χ4v) is 1.90. The van der Waals surface area contributed by atoms with Gasteiger partial charge in [0, 0.05) is 4.88 Å². The van der Waals surface area contributed by atoms with Crippen LogP contribution in [0.25, 0.3) is 0 Å². The van der Waals surface area contributed by atoms with E-state index in [0.29, 0.717) is 6.42 Å². The van der Waals surface area contributed by atoms with Crippen molar-refractivity contribution >= 4 is 27.3 Å². The molecule has 0 amide bonds. The van der Waals surface area contributed by atoms with Crippen LogP contribution in [0.3, 0.4) is 0 Å². The Hall–Kier alpha value is -0.400. The highest BCUT2D eigenvalue weighted by Gasteiger charge is 2.02. The first-order valence-corrected chi connectivity index (χ1v) is 4.33. The highest BCUT2D eigenvalue weighted by atomic mass is 79.9. The Balaban J connectivity index is 2.90. The van der Waals surface area contributed by atoms with Gasteiger partial charge in [-0.05, 0) is 22.9 Å². The summed E-state index contributed by atoms with van der Waals surface area (Å²) in [5.41, 5.74) is 0. The average Bonchev–Trinajstić information content (AvgIpc) is 2.14. The van der Waals surface area contributed by atoms with Crippen molar-refractivity contribution in [3.8, 4) is 6.07 Å². The predicted octanol–water partition coefficient (Wildman–Crippen LogP) is 2.28. The number of nitrogens with zero attached hydrogens (tertiary/aromatic N) is 2. The van der Waals surface area contributed by atoms with E-state index in [1.807, 2.05) is 6.92 Å². The molecule has 0 spiro atoms. The number of thiazole rings is 1. The van der Waals surface area contributed by atoms with E-state index in [2.05, 4.69) is 27.0 Å².